The molecule has 8 heteroatoms. The second kappa shape index (κ2) is 10.8. The molecule has 3 rings (SSSR count). The van der Waals surface area contributed by atoms with E-state index in [0.29, 0.717) is 29.3 Å². The lowest BCUT2D eigenvalue weighted by Crippen LogP contribution is -2.16. The van der Waals surface area contributed by atoms with E-state index in [1.807, 2.05) is 30.3 Å². The molecule has 0 atom stereocenters. The van der Waals surface area contributed by atoms with Crippen molar-refractivity contribution in [2.24, 2.45) is 4.99 Å². The lowest BCUT2D eigenvalue weighted by molar-refractivity contribution is 0.210. The van der Waals surface area contributed by atoms with Gasteiger partial charge in [0.25, 0.3) is 0 Å². The van der Waals surface area contributed by atoms with E-state index in [-0.39, 0.29) is 5.75 Å². The van der Waals surface area contributed by atoms with Gasteiger partial charge in [-0.1, -0.05) is 31.5 Å². The predicted molar refractivity (Wildman–Crippen MR) is 115 cm³/mol. The molecule has 0 saturated carbocycles. The molecule has 1 heterocycles. The van der Waals surface area contributed by atoms with Crippen molar-refractivity contribution >= 4 is 6.09 Å². The molecule has 0 N–H and O–H groups in total. The predicted octanol–water partition coefficient (Wildman–Crippen LogP) is 4.17. The van der Waals surface area contributed by atoms with Crippen LogP contribution in [0.2, 0.25) is 0 Å². The molecule has 0 spiro atoms. The molecule has 0 aliphatic heterocycles. The Morgan fingerprint density at radius 2 is 1.81 bits per heavy atom. The molecule has 0 aliphatic rings. The number of unbranched alkanes of at least 4 members (excludes halogenated alkanes) is 1. The topological polar surface area (TPSA) is 84.2 Å². The lowest BCUT2D eigenvalue weighted by Gasteiger charge is -2.13. The third kappa shape index (κ3) is 5.85. The minimum atomic E-state index is -0.786. The Morgan fingerprint density at radius 3 is 2.52 bits per heavy atom. The molecule has 31 heavy (non-hydrogen) atoms. The van der Waals surface area contributed by atoms with Crippen LogP contribution in [-0.2, 0) is 0 Å². The summed E-state index contributed by atoms with van der Waals surface area (Å²) >= 11 is 0. The first-order valence-electron chi connectivity index (χ1n) is 9.90. The van der Waals surface area contributed by atoms with Crippen LogP contribution in [0.1, 0.15) is 19.8 Å². The van der Waals surface area contributed by atoms with Gasteiger partial charge in [-0.3, -0.25) is 0 Å². The van der Waals surface area contributed by atoms with Crippen molar-refractivity contribution in [2.75, 3.05) is 20.8 Å². The Balaban J connectivity index is 1.85. The van der Waals surface area contributed by atoms with Crippen LogP contribution >= 0.6 is 0 Å². The number of ether oxygens (including phenoxy) is 4. The van der Waals surface area contributed by atoms with Gasteiger partial charge in [-0.2, -0.15) is 10.1 Å². The van der Waals surface area contributed by atoms with Crippen LogP contribution in [-0.4, -0.2) is 36.7 Å². The molecule has 0 radical (unpaired) electrons. The number of benzene rings is 2. The van der Waals surface area contributed by atoms with Gasteiger partial charge in [0.2, 0.25) is 5.88 Å². The molecular formula is C23H25N3O5. The smallest absolute Gasteiger partial charge is 0.439 e. The molecular weight excluding hydrogens is 398 g/mol. The van der Waals surface area contributed by atoms with Gasteiger partial charge in [0.1, 0.15) is 5.75 Å². The Kier molecular flexibility index (Phi) is 7.64. The summed E-state index contributed by atoms with van der Waals surface area (Å²) in [6.07, 6.45) is 2.60. The van der Waals surface area contributed by atoms with Crippen molar-refractivity contribution in [3.8, 4) is 28.8 Å². The third-order valence-electron chi connectivity index (χ3n) is 4.31. The number of nitrogens with zero attached hydrogens (tertiary/aromatic N) is 3. The van der Waals surface area contributed by atoms with Crippen molar-refractivity contribution in [1.29, 1.82) is 0 Å². The van der Waals surface area contributed by atoms with Gasteiger partial charge in [-0.15, -0.1) is 0 Å². The molecule has 0 bridgehead atoms. The van der Waals surface area contributed by atoms with E-state index < -0.39 is 6.09 Å². The molecule has 0 saturated heterocycles. The maximum Gasteiger partial charge on any atom is 0.439 e. The van der Waals surface area contributed by atoms with Gasteiger partial charge in [-0.05, 0) is 30.7 Å². The maximum absolute atomic E-state index is 12.3. The molecule has 0 fully saturated rings. The first-order valence-corrected chi connectivity index (χ1v) is 9.90. The van der Waals surface area contributed by atoms with E-state index >= 15 is 0 Å². The van der Waals surface area contributed by atoms with E-state index in [0.717, 1.165) is 18.5 Å². The zero-order chi connectivity index (χ0) is 22.1. The molecule has 0 aliphatic carbocycles. The normalized spacial score (nSPS) is 11.1. The van der Waals surface area contributed by atoms with E-state index in [1.165, 1.54) is 20.4 Å². The van der Waals surface area contributed by atoms with E-state index in [2.05, 4.69) is 17.0 Å². The van der Waals surface area contributed by atoms with Crippen LogP contribution in [0.4, 0.5) is 4.79 Å². The monoisotopic (exact) mass is 423 g/mol. The minimum absolute atomic E-state index is 0.286. The van der Waals surface area contributed by atoms with Crippen molar-refractivity contribution in [1.82, 2.24) is 9.78 Å². The Morgan fingerprint density at radius 1 is 1.03 bits per heavy atom. The van der Waals surface area contributed by atoms with Crippen LogP contribution in [0.25, 0.3) is 5.69 Å². The molecule has 0 unspecified atom stereocenters. The van der Waals surface area contributed by atoms with Gasteiger partial charge in [0.15, 0.2) is 11.5 Å². The third-order valence-corrected chi connectivity index (χ3v) is 4.31. The van der Waals surface area contributed by atoms with Gasteiger partial charge in [-0.25, -0.2) is 9.48 Å². The number of methoxy groups -OCH3 is 2. The van der Waals surface area contributed by atoms with Crippen molar-refractivity contribution in [3.63, 3.8) is 0 Å². The number of hydrogen-bond acceptors (Lipinski definition) is 6. The van der Waals surface area contributed by atoms with Crippen LogP contribution in [0.3, 0.4) is 0 Å². The minimum Gasteiger partial charge on any atom is -0.493 e. The summed E-state index contributed by atoms with van der Waals surface area (Å²) in [5, 5.41) is 4.71. The summed E-state index contributed by atoms with van der Waals surface area (Å²) < 4.78 is 23.2. The molecule has 1 aromatic heterocycles. The number of hydrogen-bond donors (Lipinski definition) is 0. The summed E-state index contributed by atoms with van der Waals surface area (Å²) in [6, 6.07) is 16.1. The number of amides is 1. The second-order valence-electron chi connectivity index (χ2n) is 6.50. The number of para-hydroxylation sites is 1. The number of carbonyl (C=O) groups is 1. The fraction of sp³-hybridized carbons (Fsp3) is 0.261. The fourth-order valence-electron chi connectivity index (χ4n) is 2.76. The van der Waals surface area contributed by atoms with E-state index in [1.54, 1.807) is 28.9 Å². The highest BCUT2D eigenvalue weighted by Crippen LogP contribution is 2.31. The van der Waals surface area contributed by atoms with Gasteiger partial charge in [0, 0.05) is 12.1 Å². The number of aromatic nitrogens is 2. The average Bonchev–Trinajstić information content (AvgIpc) is 2.80. The summed E-state index contributed by atoms with van der Waals surface area (Å²) in [6.45, 7) is 2.62. The first-order chi connectivity index (χ1) is 15.1. The molecule has 2 aromatic carbocycles. The van der Waals surface area contributed by atoms with Gasteiger partial charge in [0.05, 0.1) is 38.1 Å². The SMILES string of the molecule is CCCCOc1c/c(=N\C(=O)Oc2ccc(OC)c(OC)c2)cnn1-c1ccccc1. The summed E-state index contributed by atoms with van der Waals surface area (Å²) in [5.74, 6) is 1.75. The quantitative estimate of drug-likeness (QED) is 0.506. The zero-order valence-corrected chi connectivity index (χ0v) is 17.8. The van der Waals surface area contributed by atoms with Crippen molar-refractivity contribution in [3.05, 3.63) is 66.2 Å². The average molecular weight is 423 g/mol. The van der Waals surface area contributed by atoms with Gasteiger partial charge >= 0.3 is 6.09 Å². The lowest BCUT2D eigenvalue weighted by atomic mass is 10.3. The van der Waals surface area contributed by atoms with Crippen molar-refractivity contribution in [2.45, 2.75) is 19.8 Å². The maximum atomic E-state index is 12.3. The Labute approximate surface area is 180 Å². The van der Waals surface area contributed by atoms with Crippen molar-refractivity contribution < 1.29 is 23.7 Å². The molecule has 162 valence electrons. The van der Waals surface area contributed by atoms with Gasteiger partial charge < -0.3 is 18.9 Å². The highest BCUT2D eigenvalue weighted by Gasteiger charge is 2.10. The molecule has 3 aromatic rings. The highest BCUT2D eigenvalue weighted by molar-refractivity contribution is 5.71. The van der Waals surface area contributed by atoms with E-state index in [4.69, 9.17) is 18.9 Å². The van der Waals surface area contributed by atoms with Crippen LogP contribution in [0, 0.1) is 0 Å². The number of rotatable bonds is 8. The largest absolute Gasteiger partial charge is 0.493 e. The number of carbonyl (C=O) groups excluding carboxylic acids is 1. The zero-order valence-electron chi connectivity index (χ0n) is 17.8. The van der Waals surface area contributed by atoms with Crippen LogP contribution in [0.15, 0.2) is 65.8 Å². The standard InChI is InChI=1S/C23H25N3O5/c1-4-5-13-30-22-14-17(16-24-26(22)18-9-7-6-8-10-18)25-23(27)31-19-11-12-20(28-2)21(15-19)29-3/h6-12,14-16H,4-5,13H2,1-3H3/b25-17+. The second-order valence-corrected chi connectivity index (χ2v) is 6.50. The summed E-state index contributed by atoms with van der Waals surface area (Å²) in [7, 11) is 3.04. The van der Waals surface area contributed by atoms with E-state index in [9.17, 15) is 4.79 Å². The Hall–Kier alpha value is -3.81. The first kappa shape index (κ1) is 21.9. The highest BCUT2D eigenvalue weighted by atomic mass is 16.6. The van der Waals surface area contributed by atoms with Crippen LogP contribution in [0.5, 0.6) is 23.1 Å². The molecule has 1 amide bonds. The van der Waals surface area contributed by atoms with Crippen LogP contribution < -0.4 is 24.3 Å². The summed E-state index contributed by atoms with van der Waals surface area (Å²) in [5.41, 5.74) is 0.841. The Bertz CT molecular complexity index is 1080. The molecule has 8 nitrogen and oxygen atoms in total. The summed E-state index contributed by atoms with van der Waals surface area (Å²) in [4.78, 5) is 16.3. The fourth-order valence-corrected chi connectivity index (χ4v) is 2.76.